The molecule has 0 aliphatic carbocycles. The van der Waals surface area contributed by atoms with E-state index < -0.39 is 0 Å². The Morgan fingerprint density at radius 1 is 1.33 bits per heavy atom. The molecule has 0 bridgehead atoms. The van der Waals surface area contributed by atoms with Crippen LogP contribution in [0.1, 0.15) is 30.2 Å². The second-order valence-electron chi connectivity index (χ2n) is 4.29. The fraction of sp³-hybridized carbons (Fsp3) is 0.357. The molecule has 0 radical (unpaired) electrons. The van der Waals surface area contributed by atoms with Crippen LogP contribution in [0, 0.1) is 0 Å². The van der Waals surface area contributed by atoms with Crippen LogP contribution in [0.3, 0.4) is 0 Å². The summed E-state index contributed by atoms with van der Waals surface area (Å²) < 4.78 is 11.6. The van der Waals surface area contributed by atoms with E-state index in [1.165, 1.54) is 0 Å². The number of aromatic nitrogens is 1. The molecule has 0 saturated carbocycles. The van der Waals surface area contributed by atoms with Crippen LogP contribution in [0.5, 0.6) is 11.5 Å². The first kappa shape index (κ1) is 11.5. The highest BCUT2D eigenvalue weighted by Crippen LogP contribution is 2.36. The standard InChI is InChI=1S/C14H15NO2S/c1-2-5-10-9-18-14(15-10)13-8-16-11-6-3-4-7-12(11)17-13/h3-4,6-7,9,13H,2,5,8H2,1H3. The van der Waals surface area contributed by atoms with Gasteiger partial charge in [-0.15, -0.1) is 11.3 Å². The third kappa shape index (κ3) is 2.20. The summed E-state index contributed by atoms with van der Waals surface area (Å²) in [5.41, 5.74) is 1.15. The molecule has 2 heterocycles. The van der Waals surface area contributed by atoms with Gasteiger partial charge in [0, 0.05) is 5.38 Å². The molecule has 3 nitrogen and oxygen atoms in total. The highest BCUT2D eigenvalue weighted by Gasteiger charge is 2.24. The lowest BCUT2D eigenvalue weighted by Crippen LogP contribution is -2.21. The SMILES string of the molecule is CCCc1csc(C2COc3ccccc3O2)n1. The van der Waals surface area contributed by atoms with Gasteiger partial charge in [0.05, 0.1) is 5.69 Å². The van der Waals surface area contributed by atoms with Gasteiger partial charge in [-0.3, -0.25) is 0 Å². The van der Waals surface area contributed by atoms with Crippen LogP contribution in [-0.2, 0) is 6.42 Å². The van der Waals surface area contributed by atoms with E-state index in [2.05, 4.69) is 17.3 Å². The number of ether oxygens (including phenoxy) is 2. The molecule has 0 spiro atoms. The zero-order chi connectivity index (χ0) is 12.4. The van der Waals surface area contributed by atoms with Crippen molar-refractivity contribution in [2.45, 2.75) is 25.9 Å². The first-order valence-corrected chi connectivity index (χ1v) is 7.07. The summed E-state index contributed by atoms with van der Waals surface area (Å²) in [7, 11) is 0. The molecule has 1 aliphatic heterocycles. The average molecular weight is 261 g/mol. The molecule has 0 saturated heterocycles. The Kier molecular flexibility index (Phi) is 3.19. The van der Waals surface area contributed by atoms with Crippen molar-refractivity contribution >= 4 is 11.3 Å². The van der Waals surface area contributed by atoms with Crippen molar-refractivity contribution in [2.75, 3.05) is 6.61 Å². The molecule has 1 atom stereocenters. The van der Waals surface area contributed by atoms with Crippen molar-refractivity contribution in [3.63, 3.8) is 0 Å². The maximum Gasteiger partial charge on any atom is 0.184 e. The Labute approximate surface area is 110 Å². The van der Waals surface area contributed by atoms with Crippen LogP contribution in [-0.4, -0.2) is 11.6 Å². The maximum absolute atomic E-state index is 5.93. The number of hydrogen-bond donors (Lipinski definition) is 0. The number of fused-ring (bicyclic) bond motifs is 1. The lowest BCUT2D eigenvalue weighted by atomic mass is 10.2. The van der Waals surface area contributed by atoms with E-state index in [-0.39, 0.29) is 6.10 Å². The minimum atomic E-state index is -0.0736. The second-order valence-corrected chi connectivity index (χ2v) is 5.18. The van der Waals surface area contributed by atoms with Gasteiger partial charge in [0.25, 0.3) is 0 Å². The molecule has 1 aliphatic rings. The molecule has 18 heavy (non-hydrogen) atoms. The fourth-order valence-electron chi connectivity index (χ4n) is 1.98. The van der Waals surface area contributed by atoms with Crippen LogP contribution in [0.2, 0.25) is 0 Å². The summed E-state index contributed by atoms with van der Waals surface area (Å²) >= 11 is 1.65. The predicted molar refractivity (Wildman–Crippen MR) is 71.4 cm³/mol. The lowest BCUT2D eigenvalue weighted by molar-refractivity contribution is 0.0910. The Balaban J connectivity index is 1.78. The van der Waals surface area contributed by atoms with Crippen molar-refractivity contribution in [1.82, 2.24) is 4.98 Å². The van der Waals surface area contributed by atoms with Gasteiger partial charge in [0.2, 0.25) is 0 Å². The topological polar surface area (TPSA) is 31.4 Å². The normalized spacial score (nSPS) is 17.7. The van der Waals surface area contributed by atoms with Gasteiger partial charge in [0.1, 0.15) is 11.6 Å². The first-order valence-electron chi connectivity index (χ1n) is 6.19. The average Bonchev–Trinajstić information content (AvgIpc) is 2.87. The summed E-state index contributed by atoms with van der Waals surface area (Å²) in [6.45, 7) is 2.70. The van der Waals surface area contributed by atoms with Crippen molar-refractivity contribution < 1.29 is 9.47 Å². The lowest BCUT2D eigenvalue weighted by Gasteiger charge is -2.24. The van der Waals surface area contributed by atoms with Crippen molar-refractivity contribution in [1.29, 1.82) is 0 Å². The molecule has 3 rings (SSSR count). The Morgan fingerprint density at radius 3 is 3.00 bits per heavy atom. The van der Waals surface area contributed by atoms with Crippen molar-refractivity contribution in [2.24, 2.45) is 0 Å². The molecule has 94 valence electrons. The molecule has 4 heteroatoms. The van der Waals surface area contributed by atoms with E-state index in [9.17, 15) is 0 Å². The molecular weight excluding hydrogens is 246 g/mol. The molecule has 1 aromatic carbocycles. The zero-order valence-corrected chi connectivity index (χ0v) is 11.1. The number of thiazole rings is 1. The highest BCUT2D eigenvalue weighted by molar-refractivity contribution is 7.09. The smallest absolute Gasteiger partial charge is 0.184 e. The summed E-state index contributed by atoms with van der Waals surface area (Å²) in [6.07, 6.45) is 2.07. The van der Waals surface area contributed by atoms with E-state index in [1.807, 2.05) is 24.3 Å². The van der Waals surface area contributed by atoms with Crippen LogP contribution in [0.15, 0.2) is 29.6 Å². The fourth-order valence-corrected chi connectivity index (χ4v) is 2.85. The van der Waals surface area contributed by atoms with Crippen molar-refractivity contribution in [3.8, 4) is 11.5 Å². The third-order valence-corrected chi connectivity index (χ3v) is 3.85. The number of hydrogen-bond acceptors (Lipinski definition) is 4. The summed E-state index contributed by atoms with van der Waals surface area (Å²) in [6, 6.07) is 7.76. The number of rotatable bonds is 3. The summed E-state index contributed by atoms with van der Waals surface area (Å²) in [5, 5.41) is 3.12. The van der Waals surface area contributed by atoms with Gasteiger partial charge >= 0.3 is 0 Å². The van der Waals surface area contributed by atoms with Gasteiger partial charge in [-0.25, -0.2) is 4.98 Å². The van der Waals surface area contributed by atoms with E-state index in [1.54, 1.807) is 11.3 Å². The number of nitrogens with zero attached hydrogens (tertiary/aromatic N) is 1. The Hall–Kier alpha value is -1.55. The maximum atomic E-state index is 5.93. The van der Waals surface area contributed by atoms with E-state index >= 15 is 0 Å². The molecule has 1 aromatic heterocycles. The molecule has 0 fully saturated rings. The minimum absolute atomic E-state index is 0.0736. The van der Waals surface area contributed by atoms with Crippen molar-refractivity contribution in [3.05, 3.63) is 40.3 Å². The Morgan fingerprint density at radius 2 is 2.17 bits per heavy atom. The Bertz CT molecular complexity index is 538. The molecule has 0 amide bonds. The van der Waals surface area contributed by atoms with E-state index in [0.717, 1.165) is 35.0 Å². The number of para-hydroxylation sites is 2. The second kappa shape index (κ2) is 4.98. The van der Waals surface area contributed by atoms with Crippen LogP contribution < -0.4 is 9.47 Å². The zero-order valence-electron chi connectivity index (χ0n) is 10.3. The quantitative estimate of drug-likeness (QED) is 0.845. The van der Waals surface area contributed by atoms with Crippen LogP contribution >= 0.6 is 11.3 Å². The van der Waals surface area contributed by atoms with E-state index in [0.29, 0.717) is 6.61 Å². The highest BCUT2D eigenvalue weighted by atomic mass is 32.1. The molecule has 0 N–H and O–H groups in total. The van der Waals surface area contributed by atoms with E-state index in [4.69, 9.17) is 9.47 Å². The summed E-state index contributed by atoms with van der Waals surface area (Å²) in [4.78, 5) is 4.61. The number of benzene rings is 1. The first-order chi connectivity index (χ1) is 8.86. The van der Waals surface area contributed by atoms with Gasteiger partial charge in [-0.1, -0.05) is 25.5 Å². The van der Waals surface area contributed by atoms with Gasteiger partial charge in [-0.05, 0) is 18.6 Å². The third-order valence-electron chi connectivity index (χ3n) is 2.86. The minimum Gasteiger partial charge on any atom is -0.485 e. The summed E-state index contributed by atoms with van der Waals surface area (Å²) in [5.74, 6) is 1.63. The molecular formula is C14H15NO2S. The predicted octanol–water partition coefficient (Wildman–Crippen LogP) is 3.61. The van der Waals surface area contributed by atoms with Crippen LogP contribution in [0.4, 0.5) is 0 Å². The van der Waals surface area contributed by atoms with Gasteiger partial charge < -0.3 is 9.47 Å². The molecule has 1 unspecified atom stereocenters. The largest absolute Gasteiger partial charge is 0.485 e. The monoisotopic (exact) mass is 261 g/mol. The van der Waals surface area contributed by atoms with Gasteiger partial charge in [-0.2, -0.15) is 0 Å². The van der Waals surface area contributed by atoms with Gasteiger partial charge in [0.15, 0.2) is 17.6 Å². The number of aryl methyl sites for hydroxylation is 1. The van der Waals surface area contributed by atoms with Crippen LogP contribution in [0.25, 0.3) is 0 Å². The molecule has 2 aromatic rings.